The zero-order valence-electron chi connectivity index (χ0n) is 8.58. The summed E-state index contributed by atoms with van der Waals surface area (Å²) in [5.74, 6) is 1.56. The summed E-state index contributed by atoms with van der Waals surface area (Å²) in [5.41, 5.74) is 1.98. The normalized spacial score (nSPS) is 20.1. The van der Waals surface area contributed by atoms with Gasteiger partial charge in [0.25, 0.3) is 0 Å². The summed E-state index contributed by atoms with van der Waals surface area (Å²) in [7, 11) is 0. The van der Waals surface area contributed by atoms with Gasteiger partial charge in [0.2, 0.25) is 6.79 Å². The second-order valence-electron chi connectivity index (χ2n) is 4.29. The molecule has 1 fully saturated rings. The van der Waals surface area contributed by atoms with E-state index in [2.05, 4.69) is 0 Å². The van der Waals surface area contributed by atoms with Crippen LogP contribution in [0.3, 0.4) is 0 Å². The minimum Gasteiger partial charge on any atom is -0.454 e. The number of ether oxygens (including phenoxy) is 2. The van der Waals surface area contributed by atoms with Crippen LogP contribution < -0.4 is 9.47 Å². The Balaban J connectivity index is 2.12. The van der Waals surface area contributed by atoms with Gasteiger partial charge in [-0.3, -0.25) is 0 Å². The number of aryl methyl sites for hydroxylation is 1. The van der Waals surface area contributed by atoms with Crippen molar-refractivity contribution in [2.75, 3.05) is 6.79 Å². The van der Waals surface area contributed by atoms with E-state index in [0.717, 1.165) is 41.8 Å². The summed E-state index contributed by atoms with van der Waals surface area (Å²) < 4.78 is 10.6. The van der Waals surface area contributed by atoms with Crippen LogP contribution in [-0.2, 0) is 10.2 Å². The van der Waals surface area contributed by atoms with Gasteiger partial charge in [0.15, 0.2) is 11.5 Å². The highest BCUT2D eigenvalue weighted by Gasteiger charge is 2.45. The van der Waals surface area contributed by atoms with Crippen LogP contribution in [0.1, 0.15) is 24.0 Å². The lowest BCUT2D eigenvalue weighted by molar-refractivity contribution is -0.109. The summed E-state index contributed by atoms with van der Waals surface area (Å²) in [6, 6.07) is 3.92. The summed E-state index contributed by atoms with van der Waals surface area (Å²) in [5, 5.41) is 0. The minimum atomic E-state index is -0.231. The second-order valence-corrected chi connectivity index (χ2v) is 4.29. The highest BCUT2D eigenvalue weighted by Crippen LogP contribution is 2.50. The molecule has 1 aromatic rings. The Kier molecular flexibility index (Phi) is 1.61. The van der Waals surface area contributed by atoms with Crippen molar-refractivity contribution in [3.8, 4) is 11.5 Å². The molecule has 0 radical (unpaired) electrons. The molecule has 0 spiro atoms. The fraction of sp³-hybridized carbons (Fsp3) is 0.417. The van der Waals surface area contributed by atoms with Crippen LogP contribution in [0.25, 0.3) is 0 Å². The predicted molar refractivity (Wildman–Crippen MR) is 54.3 cm³/mol. The van der Waals surface area contributed by atoms with Crippen LogP contribution in [0, 0.1) is 6.92 Å². The van der Waals surface area contributed by atoms with Gasteiger partial charge in [-0.1, -0.05) is 0 Å². The molecule has 3 rings (SSSR count). The van der Waals surface area contributed by atoms with Crippen molar-refractivity contribution in [3.05, 3.63) is 23.3 Å². The minimum absolute atomic E-state index is 0.231. The Labute approximate surface area is 88.0 Å². The van der Waals surface area contributed by atoms with Gasteiger partial charge in [-0.05, 0) is 43.0 Å². The lowest BCUT2D eigenvalue weighted by Crippen LogP contribution is -2.09. The van der Waals surface area contributed by atoms with E-state index < -0.39 is 0 Å². The van der Waals surface area contributed by atoms with Gasteiger partial charge in [-0.15, -0.1) is 0 Å². The Hall–Kier alpha value is -1.51. The molecular formula is C12H12O3. The fourth-order valence-electron chi connectivity index (χ4n) is 2.17. The van der Waals surface area contributed by atoms with E-state index in [-0.39, 0.29) is 12.2 Å². The van der Waals surface area contributed by atoms with Gasteiger partial charge in [-0.25, -0.2) is 0 Å². The maximum atomic E-state index is 11.1. The SMILES string of the molecule is Cc1cc2c(cc1C1(C=O)CC1)OCO2. The molecule has 1 heterocycles. The summed E-state index contributed by atoms with van der Waals surface area (Å²) in [6.07, 6.45) is 2.98. The molecule has 1 saturated carbocycles. The highest BCUT2D eigenvalue weighted by atomic mass is 16.7. The van der Waals surface area contributed by atoms with Gasteiger partial charge < -0.3 is 14.3 Å². The van der Waals surface area contributed by atoms with Crippen molar-refractivity contribution in [1.82, 2.24) is 0 Å². The third kappa shape index (κ3) is 1.16. The number of benzene rings is 1. The standard InChI is InChI=1S/C12H12O3/c1-8-4-10-11(15-7-14-10)5-9(8)12(6-13)2-3-12/h4-6H,2-3,7H2,1H3. The van der Waals surface area contributed by atoms with Crippen LogP contribution in [-0.4, -0.2) is 13.1 Å². The zero-order chi connectivity index (χ0) is 10.5. The number of carbonyl (C=O) groups excluding carboxylic acids is 1. The van der Waals surface area contributed by atoms with Crippen LogP contribution in [0.15, 0.2) is 12.1 Å². The molecule has 0 bridgehead atoms. The lowest BCUT2D eigenvalue weighted by atomic mass is 9.93. The molecule has 0 atom stereocenters. The van der Waals surface area contributed by atoms with Crippen molar-refractivity contribution >= 4 is 6.29 Å². The molecule has 0 saturated heterocycles. The number of hydrogen-bond acceptors (Lipinski definition) is 3. The summed E-state index contributed by atoms with van der Waals surface area (Å²) in [6.45, 7) is 2.30. The first-order chi connectivity index (χ1) is 7.25. The van der Waals surface area contributed by atoms with Crippen molar-refractivity contribution in [3.63, 3.8) is 0 Å². The molecule has 0 unspecified atom stereocenters. The Morgan fingerprint density at radius 3 is 2.53 bits per heavy atom. The maximum absolute atomic E-state index is 11.1. The van der Waals surface area contributed by atoms with Crippen LogP contribution in [0.2, 0.25) is 0 Å². The van der Waals surface area contributed by atoms with Gasteiger partial charge in [-0.2, -0.15) is 0 Å². The van der Waals surface area contributed by atoms with E-state index >= 15 is 0 Å². The molecule has 1 aliphatic heterocycles. The lowest BCUT2D eigenvalue weighted by Gasteiger charge is -2.12. The molecule has 3 nitrogen and oxygen atoms in total. The van der Waals surface area contributed by atoms with Gasteiger partial charge >= 0.3 is 0 Å². The molecule has 0 aromatic heterocycles. The third-order valence-electron chi connectivity index (χ3n) is 3.27. The molecule has 1 aliphatic carbocycles. The highest BCUT2D eigenvalue weighted by molar-refractivity contribution is 5.75. The molecule has 1 aromatic carbocycles. The number of hydrogen-bond donors (Lipinski definition) is 0. The summed E-state index contributed by atoms with van der Waals surface area (Å²) >= 11 is 0. The van der Waals surface area contributed by atoms with Crippen LogP contribution in [0.4, 0.5) is 0 Å². The second kappa shape index (κ2) is 2.75. The van der Waals surface area contributed by atoms with Crippen LogP contribution in [0.5, 0.6) is 11.5 Å². The number of rotatable bonds is 2. The first-order valence-corrected chi connectivity index (χ1v) is 5.12. The van der Waals surface area contributed by atoms with E-state index in [4.69, 9.17) is 9.47 Å². The molecular weight excluding hydrogens is 192 g/mol. The van der Waals surface area contributed by atoms with Gasteiger partial charge in [0, 0.05) is 0 Å². The molecule has 3 heteroatoms. The quantitative estimate of drug-likeness (QED) is 0.691. The monoisotopic (exact) mass is 204 g/mol. The van der Waals surface area contributed by atoms with Gasteiger partial charge in [0.05, 0.1) is 5.41 Å². The van der Waals surface area contributed by atoms with E-state index in [1.807, 2.05) is 19.1 Å². The largest absolute Gasteiger partial charge is 0.454 e. The van der Waals surface area contributed by atoms with E-state index in [9.17, 15) is 4.79 Å². The van der Waals surface area contributed by atoms with Crippen molar-refractivity contribution in [2.45, 2.75) is 25.2 Å². The van der Waals surface area contributed by atoms with Crippen molar-refractivity contribution < 1.29 is 14.3 Å². The number of carbonyl (C=O) groups is 1. The molecule has 0 N–H and O–H groups in total. The van der Waals surface area contributed by atoms with Crippen molar-refractivity contribution in [1.29, 1.82) is 0 Å². The summed E-state index contributed by atoms with van der Waals surface area (Å²) in [4.78, 5) is 11.1. The number of aldehydes is 1. The van der Waals surface area contributed by atoms with E-state index in [1.54, 1.807) is 0 Å². The Morgan fingerprint density at radius 2 is 1.93 bits per heavy atom. The Morgan fingerprint density at radius 1 is 1.27 bits per heavy atom. The first-order valence-electron chi connectivity index (χ1n) is 5.12. The maximum Gasteiger partial charge on any atom is 0.231 e. The Bertz CT molecular complexity index is 433. The molecule has 78 valence electrons. The molecule has 15 heavy (non-hydrogen) atoms. The average molecular weight is 204 g/mol. The third-order valence-corrected chi connectivity index (χ3v) is 3.27. The fourth-order valence-corrected chi connectivity index (χ4v) is 2.17. The van der Waals surface area contributed by atoms with E-state index in [1.165, 1.54) is 0 Å². The predicted octanol–water partition coefficient (Wildman–Crippen LogP) is 1.95. The molecule has 2 aliphatic rings. The average Bonchev–Trinajstić information content (AvgIpc) is 2.91. The van der Waals surface area contributed by atoms with Crippen molar-refractivity contribution in [2.24, 2.45) is 0 Å². The first kappa shape index (κ1) is 8.77. The molecule has 0 amide bonds. The van der Waals surface area contributed by atoms with E-state index in [0.29, 0.717) is 0 Å². The van der Waals surface area contributed by atoms with Crippen LogP contribution >= 0.6 is 0 Å². The smallest absolute Gasteiger partial charge is 0.231 e. The van der Waals surface area contributed by atoms with Gasteiger partial charge in [0.1, 0.15) is 6.29 Å². The zero-order valence-corrected chi connectivity index (χ0v) is 8.58. The topological polar surface area (TPSA) is 35.5 Å². The number of fused-ring (bicyclic) bond motifs is 1.